The van der Waals surface area contributed by atoms with Gasteiger partial charge in [0.05, 0.1) is 13.5 Å². The fraction of sp³-hybridized carbons (Fsp3) is 0.483. The molecule has 2 aromatic rings. The topological polar surface area (TPSA) is 79.0 Å². The average molecular weight is 492 g/mol. The van der Waals surface area contributed by atoms with Gasteiger partial charge in [-0.1, -0.05) is 42.5 Å². The first-order valence-corrected chi connectivity index (χ1v) is 13.1. The lowest BCUT2D eigenvalue weighted by Gasteiger charge is -2.37. The number of methoxy groups -OCH3 is 1. The van der Waals surface area contributed by atoms with E-state index < -0.39 is 6.04 Å². The maximum atomic E-state index is 13.6. The van der Waals surface area contributed by atoms with Crippen molar-refractivity contribution in [1.82, 2.24) is 15.1 Å². The summed E-state index contributed by atoms with van der Waals surface area (Å²) < 4.78 is 5.19. The van der Waals surface area contributed by atoms with Crippen molar-refractivity contribution in [2.24, 2.45) is 5.92 Å². The van der Waals surface area contributed by atoms with Gasteiger partial charge in [-0.3, -0.25) is 14.4 Å². The summed E-state index contributed by atoms with van der Waals surface area (Å²) in [6.07, 6.45) is 5.35. The van der Waals surface area contributed by atoms with Crippen LogP contribution in [0.15, 0.2) is 54.6 Å². The Balaban J connectivity index is 1.37. The number of hydrogen-bond donors (Lipinski definition) is 1. The SMILES string of the molecule is COc1ccc(CC(=O)N[C@H](Cc2ccccc2)C(=O)N2CCC(C(=O)N3CCCCC3)CC2)cc1. The molecule has 0 spiro atoms. The Morgan fingerprint density at radius 3 is 2.17 bits per heavy atom. The molecule has 192 valence electrons. The fourth-order valence-corrected chi connectivity index (χ4v) is 5.16. The summed E-state index contributed by atoms with van der Waals surface area (Å²) in [7, 11) is 1.61. The molecular formula is C29H37N3O4. The monoisotopic (exact) mass is 491 g/mol. The van der Waals surface area contributed by atoms with E-state index in [4.69, 9.17) is 4.74 Å². The molecule has 4 rings (SSSR count). The van der Waals surface area contributed by atoms with Gasteiger partial charge < -0.3 is 19.9 Å². The minimum atomic E-state index is -0.646. The van der Waals surface area contributed by atoms with E-state index in [9.17, 15) is 14.4 Å². The van der Waals surface area contributed by atoms with Crippen LogP contribution in [0.25, 0.3) is 0 Å². The van der Waals surface area contributed by atoms with Gasteiger partial charge in [-0.15, -0.1) is 0 Å². The van der Waals surface area contributed by atoms with Gasteiger partial charge in [-0.05, 0) is 55.4 Å². The molecule has 0 aromatic heterocycles. The Hall–Kier alpha value is -3.35. The van der Waals surface area contributed by atoms with Crippen molar-refractivity contribution in [2.45, 2.75) is 51.0 Å². The van der Waals surface area contributed by atoms with E-state index >= 15 is 0 Å². The Morgan fingerprint density at radius 1 is 0.861 bits per heavy atom. The second kappa shape index (κ2) is 12.6. The first kappa shape index (κ1) is 25.7. The summed E-state index contributed by atoms with van der Waals surface area (Å²) in [4.78, 5) is 43.2. The number of nitrogens with zero attached hydrogens (tertiary/aromatic N) is 2. The van der Waals surface area contributed by atoms with Gasteiger partial charge in [0.15, 0.2) is 0 Å². The quantitative estimate of drug-likeness (QED) is 0.615. The first-order valence-electron chi connectivity index (χ1n) is 13.1. The molecule has 2 aliphatic heterocycles. The highest BCUT2D eigenvalue weighted by molar-refractivity contribution is 5.89. The lowest BCUT2D eigenvalue weighted by atomic mass is 9.93. The minimum absolute atomic E-state index is 0.00983. The van der Waals surface area contributed by atoms with E-state index in [1.54, 1.807) is 7.11 Å². The summed E-state index contributed by atoms with van der Waals surface area (Å²) in [5.74, 6) is 0.702. The smallest absolute Gasteiger partial charge is 0.245 e. The molecule has 0 radical (unpaired) electrons. The van der Waals surface area contributed by atoms with Gasteiger partial charge in [0.1, 0.15) is 11.8 Å². The molecule has 7 heteroatoms. The van der Waals surface area contributed by atoms with Gasteiger partial charge in [-0.25, -0.2) is 0 Å². The number of hydrogen-bond acceptors (Lipinski definition) is 4. The third kappa shape index (κ3) is 6.86. The average Bonchev–Trinajstić information content (AvgIpc) is 2.93. The van der Waals surface area contributed by atoms with Crippen molar-refractivity contribution in [3.05, 3.63) is 65.7 Å². The van der Waals surface area contributed by atoms with Gasteiger partial charge in [0.2, 0.25) is 17.7 Å². The van der Waals surface area contributed by atoms with Crippen LogP contribution in [0.5, 0.6) is 5.75 Å². The van der Waals surface area contributed by atoms with E-state index in [1.165, 1.54) is 6.42 Å². The van der Waals surface area contributed by atoms with Crippen molar-refractivity contribution in [3.8, 4) is 5.75 Å². The third-order valence-electron chi connectivity index (χ3n) is 7.26. The summed E-state index contributed by atoms with van der Waals surface area (Å²) >= 11 is 0. The highest BCUT2D eigenvalue weighted by Gasteiger charge is 2.33. The molecule has 7 nitrogen and oxygen atoms in total. The molecule has 0 aliphatic carbocycles. The number of piperidine rings is 2. The van der Waals surface area contributed by atoms with Crippen LogP contribution in [-0.4, -0.2) is 66.9 Å². The Labute approximate surface area is 213 Å². The molecule has 2 heterocycles. The second-order valence-corrected chi connectivity index (χ2v) is 9.82. The summed E-state index contributed by atoms with van der Waals surface area (Å²) in [5.41, 5.74) is 1.85. The maximum absolute atomic E-state index is 13.6. The lowest BCUT2D eigenvalue weighted by Crippen LogP contribution is -2.53. The predicted octanol–water partition coefficient (Wildman–Crippen LogP) is 3.22. The molecule has 1 atom stereocenters. The number of amides is 3. The fourth-order valence-electron chi connectivity index (χ4n) is 5.16. The van der Waals surface area contributed by atoms with Crippen LogP contribution in [0.4, 0.5) is 0 Å². The molecule has 0 unspecified atom stereocenters. The zero-order chi connectivity index (χ0) is 25.3. The van der Waals surface area contributed by atoms with E-state index in [2.05, 4.69) is 5.32 Å². The maximum Gasteiger partial charge on any atom is 0.245 e. The number of carbonyl (C=O) groups excluding carboxylic acids is 3. The Morgan fingerprint density at radius 2 is 1.53 bits per heavy atom. The van der Waals surface area contributed by atoms with Crippen LogP contribution >= 0.6 is 0 Å². The summed E-state index contributed by atoms with van der Waals surface area (Å²) in [6, 6.07) is 16.5. The minimum Gasteiger partial charge on any atom is -0.497 e. The van der Waals surface area contributed by atoms with E-state index in [0.29, 0.717) is 32.4 Å². The van der Waals surface area contributed by atoms with Crippen molar-refractivity contribution in [1.29, 1.82) is 0 Å². The Kier molecular flexibility index (Phi) is 8.98. The van der Waals surface area contributed by atoms with Crippen molar-refractivity contribution >= 4 is 17.7 Å². The standard InChI is InChI=1S/C29H37N3O4/c1-36-25-12-10-23(11-13-25)21-27(33)30-26(20-22-8-4-2-5-9-22)29(35)32-18-14-24(15-19-32)28(34)31-16-6-3-7-17-31/h2,4-5,8-13,24,26H,3,6-7,14-21H2,1H3,(H,30,33)/t26-/m1/s1. The van der Waals surface area contributed by atoms with Crippen LogP contribution in [0, 0.1) is 5.92 Å². The van der Waals surface area contributed by atoms with Crippen molar-refractivity contribution in [3.63, 3.8) is 0 Å². The predicted molar refractivity (Wildman–Crippen MR) is 139 cm³/mol. The molecule has 0 bridgehead atoms. The largest absolute Gasteiger partial charge is 0.497 e. The van der Waals surface area contributed by atoms with Crippen LogP contribution in [0.3, 0.4) is 0 Å². The van der Waals surface area contributed by atoms with Gasteiger partial charge in [0, 0.05) is 38.5 Å². The molecule has 2 aliphatic rings. The molecular weight excluding hydrogens is 454 g/mol. The first-order chi connectivity index (χ1) is 17.5. The van der Waals surface area contributed by atoms with Crippen LogP contribution in [0.2, 0.25) is 0 Å². The van der Waals surface area contributed by atoms with Crippen LogP contribution in [-0.2, 0) is 27.2 Å². The summed E-state index contributed by atoms with van der Waals surface area (Å²) in [5, 5.41) is 2.99. The third-order valence-corrected chi connectivity index (χ3v) is 7.26. The number of rotatable bonds is 8. The molecule has 3 amide bonds. The number of benzene rings is 2. The number of nitrogens with one attached hydrogen (secondary N) is 1. The van der Waals surface area contributed by atoms with Crippen LogP contribution in [0.1, 0.15) is 43.2 Å². The van der Waals surface area contributed by atoms with Crippen molar-refractivity contribution < 1.29 is 19.1 Å². The molecule has 2 aromatic carbocycles. The molecule has 1 N–H and O–H groups in total. The lowest BCUT2D eigenvalue weighted by molar-refractivity contribution is -0.142. The molecule has 0 saturated carbocycles. The number of likely N-dealkylation sites (tertiary alicyclic amines) is 2. The highest BCUT2D eigenvalue weighted by Crippen LogP contribution is 2.23. The molecule has 36 heavy (non-hydrogen) atoms. The second-order valence-electron chi connectivity index (χ2n) is 9.82. The van der Waals surface area contributed by atoms with E-state index in [0.717, 1.165) is 42.8 Å². The number of carbonyl (C=O) groups is 3. The zero-order valence-electron chi connectivity index (χ0n) is 21.2. The number of ether oxygens (including phenoxy) is 1. The van der Waals surface area contributed by atoms with Gasteiger partial charge in [-0.2, -0.15) is 0 Å². The van der Waals surface area contributed by atoms with Crippen LogP contribution < -0.4 is 10.1 Å². The highest BCUT2D eigenvalue weighted by atomic mass is 16.5. The van der Waals surface area contributed by atoms with Gasteiger partial charge >= 0.3 is 0 Å². The summed E-state index contributed by atoms with van der Waals surface area (Å²) in [6.45, 7) is 2.81. The van der Waals surface area contributed by atoms with E-state index in [-0.39, 0.29) is 30.1 Å². The Bertz CT molecular complexity index is 1010. The normalized spacial score (nSPS) is 17.4. The van der Waals surface area contributed by atoms with Crippen molar-refractivity contribution in [2.75, 3.05) is 33.3 Å². The molecule has 2 fully saturated rings. The zero-order valence-corrected chi connectivity index (χ0v) is 21.2. The van der Waals surface area contributed by atoms with E-state index in [1.807, 2.05) is 64.4 Å². The molecule has 2 saturated heterocycles. The van der Waals surface area contributed by atoms with Gasteiger partial charge in [0.25, 0.3) is 0 Å².